The maximum absolute atomic E-state index is 4.89. The van der Waals surface area contributed by atoms with E-state index < -0.39 is 0 Å². The second-order valence-electron chi connectivity index (χ2n) is 2.99. The minimum Gasteiger partial charge on any atom is -0.504 e. The molecule has 0 saturated carbocycles. The number of rotatable bonds is 2. The summed E-state index contributed by atoms with van der Waals surface area (Å²) in [5.41, 5.74) is 1.07. The molecule has 0 aliphatic carbocycles. The number of pyridine rings is 1. The highest BCUT2D eigenvalue weighted by atomic mass is 16.5. The van der Waals surface area contributed by atoms with Gasteiger partial charge in [-0.15, -0.1) is 0 Å². The predicted molar refractivity (Wildman–Crippen MR) is 57.8 cm³/mol. The Hall–Kier alpha value is -1.83. The monoisotopic (exact) mass is 185 g/mol. The first-order valence-electron chi connectivity index (χ1n) is 4.44. The lowest BCUT2D eigenvalue weighted by Gasteiger charge is -2.00. The first kappa shape index (κ1) is 8.75. The molecule has 0 aliphatic rings. The smallest absolute Gasteiger partial charge is 0.0831 e. The fourth-order valence-corrected chi connectivity index (χ4v) is 1.41. The molecule has 0 bridgehead atoms. The molecule has 2 nitrogen and oxygen atoms in total. The van der Waals surface area contributed by atoms with Crippen LogP contribution >= 0.6 is 0 Å². The Morgan fingerprint density at radius 1 is 1.21 bits per heavy atom. The topological polar surface area (TPSA) is 22.1 Å². The van der Waals surface area contributed by atoms with E-state index in [-0.39, 0.29) is 0 Å². The number of hydrogen-bond donors (Lipinski definition) is 0. The summed E-state index contributed by atoms with van der Waals surface area (Å²) in [5, 5.41) is 2.33. The zero-order valence-corrected chi connectivity index (χ0v) is 7.97. The third kappa shape index (κ3) is 1.59. The molecule has 0 fully saturated rings. The fourth-order valence-electron chi connectivity index (χ4n) is 1.41. The standard InChI is InChI=1S/C12H11NO/c1-14-7-6-11-9-13-8-10-4-2-3-5-12(10)11/h2-9H,1H3/b7-6-. The summed E-state index contributed by atoms with van der Waals surface area (Å²) < 4.78 is 4.89. The summed E-state index contributed by atoms with van der Waals surface area (Å²) in [6.07, 6.45) is 7.26. The van der Waals surface area contributed by atoms with Crippen LogP contribution in [0.5, 0.6) is 0 Å². The third-order valence-electron chi connectivity index (χ3n) is 2.08. The maximum Gasteiger partial charge on any atom is 0.0831 e. The molecule has 1 aromatic carbocycles. The second-order valence-corrected chi connectivity index (χ2v) is 2.99. The van der Waals surface area contributed by atoms with Crippen molar-refractivity contribution in [3.05, 3.63) is 48.5 Å². The Bertz CT molecular complexity index is 457. The van der Waals surface area contributed by atoms with E-state index in [0.717, 1.165) is 10.9 Å². The van der Waals surface area contributed by atoms with Crippen molar-refractivity contribution in [2.75, 3.05) is 7.11 Å². The van der Waals surface area contributed by atoms with Crippen LogP contribution in [-0.4, -0.2) is 12.1 Å². The minimum atomic E-state index is 1.07. The van der Waals surface area contributed by atoms with Crippen molar-refractivity contribution in [3.63, 3.8) is 0 Å². The van der Waals surface area contributed by atoms with Crippen molar-refractivity contribution < 1.29 is 4.74 Å². The van der Waals surface area contributed by atoms with Crippen LogP contribution < -0.4 is 0 Å². The number of benzene rings is 1. The SMILES string of the molecule is CO/C=C\c1cncc2ccccc12. The summed E-state index contributed by atoms with van der Waals surface area (Å²) in [6, 6.07) is 8.15. The van der Waals surface area contributed by atoms with Gasteiger partial charge in [-0.1, -0.05) is 24.3 Å². The highest BCUT2D eigenvalue weighted by Gasteiger charge is 1.96. The van der Waals surface area contributed by atoms with Gasteiger partial charge in [-0.3, -0.25) is 4.98 Å². The van der Waals surface area contributed by atoms with Gasteiger partial charge in [-0.05, 0) is 11.5 Å². The van der Waals surface area contributed by atoms with Crippen LogP contribution in [0.15, 0.2) is 42.9 Å². The highest BCUT2D eigenvalue weighted by molar-refractivity contribution is 5.89. The van der Waals surface area contributed by atoms with Crippen molar-refractivity contribution in [1.82, 2.24) is 4.98 Å². The first-order chi connectivity index (χ1) is 6.92. The van der Waals surface area contributed by atoms with Crippen LogP contribution in [-0.2, 0) is 4.74 Å². The molecule has 0 saturated heterocycles. The molecule has 2 heteroatoms. The van der Waals surface area contributed by atoms with Gasteiger partial charge < -0.3 is 4.74 Å². The van der Waals surface area contributed by atoms with Gasteiger partial charge in [-0.2, -0.15) is 0 Å². The third-order valence-corrected chi connectivity index (χ3v) is 2.08. The molecule has 2 aromatic rings. The molecule has 0 radical (unpaired) electrons. The van der Waals surface area contributed by atoms with E-state index in [0.29, 0.717) is 0 Å². The van der Waals surface area contributed by atoms with Crippen molar-refractivity contribution in [3.8, 4) is 0 Å². The van der Waals surface area contributed by atoms with Gasteiger partial charge in [0.1, 0.15) is 0 Å². The van der Waals surface area contributed by atoms with Gasteiger partial charge >= 0.3 is 0 Å². The van der Waals surface area contributed by atoms with Gasteiger partial charge in [0.15, 0.2) is 0 Å². The normalized spacial score (nSPS) is 10.9. The molecule has 1 aromatic heterocycles. The number of fused-ring (bicyclic) bond motifs is 1. The Morgan fingerprint density at radius 2 is 2.07 bits per heavy atom. The largest absolute Gasteiger partial charge is 0.504 e. The van der Waals surface area contributed by atoms with Crippen LogP contribution in [0.25, 0.3) is 16.8 Å². The van der Waals surface area contributed by atoms with E-state index in [9.17, 15) is 0 Å². The van der Waals surface area contributed by atoms with E-state index in [2.05, 4.69) is 11.1 Å². The van der Waals surface area contributed by atoms with Crippen LogP contribution in [0, 0.1) is 0 Å². The van der Waals surface area contributed by atoms with E-state index in [1.54, 1.807) is 13.4 Å². The lowest BCUT2D eigenvalue weighted by molar-refractivity contribution is 0.341. The van der Waals surface area contributed by atoms with Crippen LogP contribution in [0.1, 0.15) is 5.56 Å². The molecule has 0 atom stereocenters. The van der Waals surface area contributed by atoms with Gasteiger partial charge in [-0.25, -0.2) is 0 Å². The minimum absolute atomic E-state index is 1.07. The fraction of sp³-hybridized carbons (Fsp3) is 0.0833. The maximum atomic E-state index is 4.89. The van der Waals surface area contributed by atoms with Crippen LogP contribution in [0.4, 0.5) is 0 Å². The van der Waals surface area contributed by atoms with Gasteiger partial charge in [0.25, 0.3) is 0 Å². The molecular formula is C12H11NO. The Balaban J connectivity index is 2.59. The number of ether oxygens (including phenoxy) is 1. The molecular weight excluding hydrogens is 174 g/mol. The summed E-state index contributed by atoms with van der Waals surface area (Å²) in [5.74, 6) is 0. The summed E-state index contributed by atoms with van der Waals surface area (Å²) in [4.78, 5) is 4.16. The predicted octanol–water partition coefficient (Wildman–Crippen LogP) is 2.85. The van der Waals surface area contributed by atoms with Gasteiger partial charge in [0.2, 0.25) is 0 Å². The lowest BCUT2D eigenvalue weighted by Crippen LogP contribution is -1.81. The molecule has 0 aliphatic heterocycles. The number of aromatic nitrogens is 1. The Morgan fingerprint density at radius 3 is 2.93 bits per heavy atom. The van der Waals surface area contributed by atoms with E-state index in [4.69, 9.17) is 4.74 Å². The highest BCUT2D eigenvalue weighted by Crippen LogP contribution is 2.17. The molecule has 0 amide bonds. The quantitative estimate of drug-likeness (QED) is 0.671. The summed E-state index contributed by atoms with van der Waals surface area (Å²) in [6.45, 7) is 0. The molecule has 14 heavy (non-hydrogen) atoms. The lowest BCUT2D eigenvalue weighted by atomic mass is 10.1. The van der Waals surface area contributed by atoms with E-state index in [1.165, 1.54) is 5.39 Å². The van der Waals surface area contributed by atoms with Crippen LogP contribution in [0.2, 0.25) is 0 Å². The van der Waals surface area contributed by atoms with Gasteiger partial charge in [0, 0.05) is 23.3 Å². The molecule has 0 N–H and O–H groups in total. The second kappa shape index (κ2) is 3.92. The number of methoxy groups -OCH3 is 1. The average Bonchev–Trinajstić information content (AvgIpc) is 2.26. The Labute approximate surface area is 82.9 Å². The van der Waals surface area contributed by atoms with Gasteiger partial charge in [0.05, 0.1) is 13.4 Å². The van der Waals surface area contributed by atoms with Crippen molar-refractivity contribution in [2.45, 2.75) is 0 Å². The van der Waals surface area contributed by atoms with Crippen molar-refractivity contribution in [1.29, 1.82) is 0 Å². The number of hydrogen-bond acceptors (Lipinski definition) is 2. The molecule has 2 rings (SSSR count). The first-order valence-corrected chi connectivity index (χ1v) is 4.44. The Kier molecular flexibility index (Phi) is 2.45. The van der Waals surface area contributed by atoms with Crippen molar-refractivity contribution in [2.24, 2.45) is 0 Å². The van der Waals surface area contributed by atoms with Crippen LogP contribution in [0.3, 0.4) is 0 Å². The van der Waals surface area contributed by atoms with Crippen molar-refractivity contribution >= 4 is 16.8 Å². The van der Waals surface area contributed by atoms with E-state index >= 15 is 0 Å². The number of nitrogens with zero attached hydrogens (tertiary/aromatic N) is 1. The summed E-state index contributed by atoms with van der Waals surface area (Å²) in [7, 11) is 1.63. The average molecular weight is 185 g/mol. The molecule has 0 spiro atoms. The van der Waals surface area contributed by atoms with E-state index in [1.807, 2.05) is 36.7 Å². The zero-order valence-electron chi connectivity index (χ0n) is 7.97. The zero-order chi connectivity index (χ0) is 9.80. The molecule has 1 heterocycles. The molecule has 70 valence electrons. The molecule has 0 unspecified atom stereocenters. The summed E-state index contributed by atoms with van der Waals surface area (Å²) >= 11 is 0.